The normalized spacial score (nSPS) is 18.5. The van der Waals surface area contributed by atoms with Gasteiger partial charge in [-0.05, 0) is 46.3 Å². The van der Waals surface area contributed by atoms with Crippen LogP contribution in [-0.2, 0) is 6.54 Å². The van der Waals surface area contributed by atoms with Gasteiger partial charge >= 0.3 is 0 Å². The molecule has 0 saturated carbocycles. The standard InChI is InChI=1S/C18H25N3S.ClH/c1-14-5-7-15(8-6-14)18-20-16(13-22-18)12-21(2)17-4-3-10-19-11-9-17;/h5-8,13,17,19H,3-4,9-12H2,1-2H3;1H. The number of benzene rings is 1. The average Bonchev–Trinajstić information content (AvgIpc) is 2.81. The Kier molecular flexibility index (Phi) is 7.03. The van der Waals surface area contributed by atoms with Gasteiger partial charge in [0.15, 0.2) is 0 Å². The Hall–Kier alpha value is -0.940. The quantitative estimate of drug-likeness (QED) is 0.898. The Morgan fingerprint density at radius 2 is 2.00 bits per heavy atom. The van der Waals surface area contributed by atoms with Crippen LogP contribution in [0.5, 0.6) is 0 Å². The van der Waals surface area contributed by atoms with Gasteiger partial charge in [0.1, 0.15) is 5.01 Å². The molecule has 3 rings (SSSR count). The van der Waals surface area contributed by atoms with E-state index in [0.717, 1.165) is 18.1 Å². The molecule has 1 atom stereocenters. The predicted molar refractivity (Wildman–Crippen MR) is 102 cm³/mol. The van der Waals surface area contributed by atoms with Gasteiger partial charge in [0, 0.05) is 23.5 Å². The Morgan fingerprint density at radius 3 is 2.78 bits per heavy atom. The van der Waals surface area contributed by atoms with Gasteiger partial charge in [-0.3, -0.25) is 4.90 Å². The van der Waals surface area contributed by atoms with Crippen molar-refractivity contribution in [3.63, 3.8) is 0 Å². The molecule has 2 heterocycles. The summed E-state index contributed by atoms with van der Waals surface area (Å²) >= 11 is 1.75. The van der Waals surface area contributed by atoms with Gasteiger partial charge in [-0.1, -0.05) is 29.8 Å². The van der Waals surface area contributed by atoms with Gasteiger partial charge in [-0.2, -0.15) is 0 Å². The molecule has 0 aliphatic carbocycles. The fraction of sp³-hybridized carbons (Fsp3) is 0.500. The van der Waals surface area contributed by atoms with Crippen molar-refractivity contribution >= 4 is 23.7 Å². The van der Waals surface area contributed by atoms with E-state index in [-0.39, 0.29) is 12.4 Å². The maximum Gasteiger partial charge on any atom is 0.123 e. The van der Waals surface area contributed by atoms with Gasteiger partial charge in [0.05, 0.1) is 5.69 Å². The van der Waals surface area contributed by atoms with Crippen LogP contribution >= 0.6 is 23.7 Å². The van der Waals surface area contributed by atoms with Gasteiger partial charge in [-0.25, -0.2) is 4.98 Å². The third kappa shape index (κ3) is 5.01. The molecule has 0 radical (unpaired) electrons. The summed E-state index contributed by atoms with van der Waals surface area (Å²) in [6, 6.07) is 9.32. The van der Waals surface area contributed by atoms with Crippen molar-refractivity contribution in [1.29, 1.82) is 0 Å². The molecule has 5 heteroatoms. The minimum absolute atomic E-state index is 0. The summed E-state index contributed by atoms with van der Waals surface area (Å²) in [5, 5.41) is 6.83. The lowest BCUT2D eigenvalue weighted by molar-refractivity contribution is 0.214. The molecule has 1 aromatic heterocycles. The third-order valence-corrected chi connectivity index (χ3v) is 5.37. The Bertz CT molecular complexity index is 589. The zero-order chi connectivity index (χ0) is 15.4. The molecule has 1 aliphatic rings. The van der Waals surface area contributed by atoms with Crippen molar-refractivity contribution in [3.05, 3.63) is 40.9 Å². The SMILES string of the molecule is Cc1ccc(-c2nc(CN(C)C3CCCNCC3)cs2)cc1.Cl. The summed E-state index contributed by atoms with van der Waals surface area (Å²) in [7, 11) is 2.24. The van der Waals surface area contributed by atoms with Gasteiger partial charge < -0.3 is 5.32 Å². The van der Waals surface area contributed by atoms with E-state index >= 15 is 0 Å². The number of thiazole rings is 1. The topological polar surface area (TPSA) is 28.2 Å². The number of aryl methyl sites for hydroxylation is 1. The number of hydrogen-bond acceptors (Lipinski definition) is 4. The number of hydrogen-bond donors (Lipinski definition) is 1. The lowest BCUT2D eigenvalue weighted by Crippen LogP contribution is -2.32. The first kappa shape index (κ1) is 18.4. The van der Waals surface area contributed by atoms with Gasteiger partial charge in [-0.15, -0.1) is 23.7 Å². The lowest BCUT2D eigenvalue weighted by atomic mass is 10.1. The average molecular weight is 352 g/mol. The van der Waals surface area contributed by atoms with Crippen LogP contribution in [0.25, 0.3) is 10.6 Å². The van der Waals surface area contributed by atoms with Crippen LogP contribution in [-0.4, -0.2) is 36.1 Å². The summed E-state index contributed by atoms with van der Waals surface area (Å²) in [4.78, 5) is 7.30. The summed E-state index contributed by atoms with van der Waals surface area (Å²) in [6.07, 6.45) is 3.81. The molecule has 1 saturated heterocycles. The second-order valence-electron chi connectivity index (χ2n) is 6.26. The van der Waals surface area contributed by atoms with Gasteiger partial charge in [0.2, 0.25) is 0 Å². The van der Waals surface area contributed by atoms with E-state index in [1.807, 2.05) is 0 Å². The fourth-order valence-corrected chi connectivity index (χ4v) is 3.85. The first-order chi connectivity index (χ1) is 10.7. The van der Waals surface area contributed by atoms with Crippen LogP contribution in [0.1, 0.15) is 30.5 Å². The number of aromatic nitrogens is 1. The zero-order valence-corrected chi connectivity index (χ0v) is 15.6. The van der Waals surface area contributed by atoms with Crippen LogP contribution in [0.15, 0.2) is 29.6 Å². The van der Waals surface area contributed by atoms with E-state index in [9.17, 15) is 0 Å². The highest BCUT2D eigenvalue weighted by Gasteiger charge is 2.17. The van der Waals surface area contributed by atoms with Crippen molar-refractivity contribution in [2.75, 3.05) is 20.1 Å². The van der Waals surface area contributed by atoms with E-state index < -0.39 is 0 Å². The fourth-order valence-electron chi connectivity index (χ4n) is 3.03. The Balaban J connectivity index is 0.00000192. The number of rotatable bonds is 4. The molecule has 1 unspecified atom stereocenters. The highest BCUT2D eigenvalue weighted by Crippen LogP contribution is 2.25. The van der Waals surface area contributed by atoms with Crippen molar-refractivity contribution in [3.8, 4) is 10.6 Å². The summed E-state index contributed by atoms with van der Waals surface area (Å²) in [6.45, 7) is 5.37. The minimum Gasteiger partial charge on any atom is -0.317 e. The van der Waals surface area contributed by atoms with E-state index in [4.69, 9.17) is 4.98 Å². The summed E-state index contributed by atoms with van der Waals surface area (Å²) in [5.41, 5.74) is 3.71. The lowest BCUT2D eigenvalue weighted by Gasteiger charge is -2.25. The maximum atomic E-state index is 4.83. The molecule has 0 bridgehead atoms. The number of nitrogens with one attached hydrogen (secondary N) is 1. The molecule has 1 aromatic carbocycles. The van der Waals surface area contributed by atoms with Gasteiger partial charge in [0.25, 0.3) is 0 Å². The predicted octanol–water partition coefficient (Wildman–Crippen LogP) is 4.11. The first-order valence-electron chi connectivity index (χ1n) is 8.15. The van der Waals surface area contributed by atoms with Crippen LogP contribution < -0.4 is 5.32 Å². The third-order valence-electron chi connectivity index (χ3n) is 4.43. The highest BCUT2D eigenvalue weighted by molar-refractivity contribution is 7.13. The minimum atomic E-state index is 0. The molecule has 126 valence electrons. The molecule has 1 fully saturated rings. The van der Waals surface area contributed by atoms with Crippen molar-refractivity contribution in [2.45, 2.75) is 38.8 Å². The molecular formula is C18H26ClN3S. The van der Waals surface area contributed by atoms with E-state index in [0.29, 0.717) is 6.04 Å². The molecule has 1 N–H and O–H groups in total. The van der Waals surface area contributed by atoms with E-state index in [2.05, 4.69) is 53.8 Å². The zero-order valence-electron chi connectivity index (χ0n) is 13.9. The summed E-state index contributed by atoms with van der Waals surface area (Å²) < 4.78 is 0. The highest BCUT2D eigenvalue weighted by atomic mass is 35.5. The molecule has 23 heavy (non-hydrogen) atoms. The summed E-state index contributed by atoms with van der Waals surface area (Å²) in [5.74, 6) is 0. The second kappa shape index (κ2) is 8.78. The molecule has 3 nitrogen and oxygen atoms in total. The largest absolute Gasteiger partial charge is 0.317 e. The monoisotopic (exact) mass is 351 g/mol. The molecule has 1 aliphatic heterocycles. The molecule has 2 aromatic rings. The van der Waals surface area contributed by atoms with Crippen LogP contribution in [0.4, 0.5) is 0 Å². The van der Waals surface area contributed by atoms with E-state index in [1.54, 1.807) is 11.3 Å². The number of nitrogens with zero attached hydrogens (tertiary/aromatic N) is 2. The van der Waals surface area contributed by atoms with Crippen LogP contribution in [0.2, 0.25) is 0 Å². The molecular weight excluding hydrogens is 326 g/mol. The molecule has 0 amide bonds. The Labute approximate surface area is 149 Å². The second-order valence-corrected chi connectivity index (χ2v) is 7.12. The molecule has 0 spiro atoms. The maximum absolute atomic E-state index is 4.83. The van der Waals surface area contributed by atoms with Crippen molar-refractivity contribution in [1.82, 2.24) is 15.2 Å². The van der Waals surface area contributed by atoms with Crippen molar-refractivity contribution in [2.24, 2.45) is 0 Å². The first-order valence-corrected chi connectivity index (χ1v) is 9.03. The van der Waals surface area contributed by atoms with Crippen LogP contribution in [0.3, 0.4) is 0 Å². The van der Waals surface area contributed by atoms with E-state index in [1.165, 1.54) is 42.6 Å². The smallest absolute Gasteiger partial charge is 0.123 e. The number of halogens is 1. The van der Waals surface area contributed by atoms with Crippen molar-refractivity contribution < 1.29 is 0 Å². The Morgan fingerprint density at radius 1 is 1.22 bits per heavy atom. The van der Waals surface area contributed by atoms with Crippen LogP contribution in [0, 0.1) is 6.92 Å².